The molecule has 0 bridgehead atoms. The van der Waals surface area contributed by atoms with E-state index in [-0.39, 0.29) is 11.3 Å². The summed E-state index contributed by atoms with van der Waals surface area (Å²) in [6.07, 6.45) is 3.15. The number of carboxylic acid groups (broad SMARTS) is 1. The van der Waals surface area contributed by atoms with Gasteiger partial charge in [-0.25, -0.2) is 31.7 Å². The number of aromatic nitrogens is 3. The number of halogens is 2. The number of benzene rings is 4. The second kappa shape index (κ2) is 14.8. The van der Waals surface area contributed by atoms with Crippen LogP contribution in [0.5, 0.6) is 11.5 Å². The van der Waals surface area contributed by atoms with Gasteiger partial charge in [-0.3, -0.25) is 9.52 Å². The van der Waals surface area contributed by atoms with Crippen LogP contribution in [-0.4, -0.2) is 78.9 Å². The summed E-state index contributed by atoms with van der Waals surface area (Å²) in [7, 11) is 0.796. The Morgan fingerprint density at radius 1 is 0.981 bits per heavy atom. The Labute approximate surface area is 297 Å². The van der Waals surface area contributed by atoms with Crippen LogP contribution < -0.4 is 19.5 Å². The SMILES string of the molecule is COc1cccc(OC)c1-c1ccc(CC(NC(=O)c2c(F)cc(NS(=O)(=O)c3ccc(-n4cncn4)cc3)cc2F)C(=O)O)c2c1CN(C)CC2. The number of fused-ring (bicyclic) bond motifs is 1. The van der Waals surface area contributed by atoms with Gasteiger partial charge in [0.2, 0.25) is 0 Å². The van der Waals surface area contributed by atoms with Crippen LogP contribution in [0.15, 0.2) is 84.3 Å². The highest BCUT2D eigenvalue weighted by Gasteiger charge is 2.30. The van der Waals surface area contributed by atoms with Crippen LogP contribution in [0, 0.1) is 11.6 Å². The first-order valence-electron chi connectivity index (χ1n) is 15.9. The summed E-state index contributed by atoms with van der Waals surface area (Å²) >= 11 is 0. The van der Waals surface area contributed by atoms with Gasteiger partial charge < -0.3 is 24.8 Å². The number of carbonyl (C=O) groups excluding carboxylic acids is 1. The number of amides is 1. The molecular weight excluding hydrogens is 698 g/mol. The third-order valence-electron chi connectivity index (χ3n) is 8.78. The Balaban J connectivity index is 1.23. The molecule has 6 rings (SSSR count). The van der Waals surface area contributed by atoms with Crippen LogP contribution in [0.1, 0.15) is 27.0 Å². The molecule has 1 aliphatic rings. The largest absolute Gasteiger partial charge is 0.496 e. The van der Waals surface area contributed by atoms with Gasteiger partial charge in [0, 0.05) is 19.5 Å². The zero-order valence-electron chi connectivity index (χ0n) is 28.3. The first kappa shape index (κ1) is 35.9. The van der Waals surface area contributed by atoms with Gasteiger partial charge in [-0.05, 0) is 84.3 Å². The minimum atomic E-state index is -4.29. The molecule has 0 saturated heterocycles. The zero-order chi connectivity index (χ0) is 37.2. The molecule has 52 heavy (non-hydrogen) atoms. The molecule has 1 amide bonds. The van der Waals surface area contributed by atoms with E-state index in [1.807, 2.05) is 31.3 Å². The van der Waals surface area contributed by atoms with E-state index in [0.29, 0.717) is 54.4 Å². The number of likely N-dealkylation sites (N-methyl/N-ethyl adjacent to an activating group) is 1. The number of nitrogens with zero attached hydrogens (tertiary/aromatic N) is 4. The lowest BCUT2D eigenvalue weighted by Crippen LogP contribution is -2.43. The number of aliphatic carboxylic acids is 1. The van der Waals surface area contributed by atoms with Crippen LogP contribution in [0.25, 0.3) is 16.8 Å². The molecule has 0 radical (unpaired) electrons. The van der Waals surface area contributed by atoms with Crippen LogP contribution in [0.3, 0.4) is 0 Å². The summed E-state index contributed by atoms with van der Waals surface area (Å²) in [4.78, 5) is 31.4. The zero-order valence-corrected chi connectivity index (χ0v) is 29.1. The van der Waals surface area contributed by atoms with E-state index in [4.69, 9.17) is 9.47 Å². The van der Waals surface area contributed by atoms with Crippen LogP contribution in [0.2, 0.25) is 0 Å². The summed E-state index contributed by atoms with van der Waals surface area (Å²) in [5, 5.41) is 16.3. The third kappa shape index (κ3) is 7.29. The van der Waals surface area contributed by atoms with E-state index in [9.17, 15) is 23.1 Å². The summed E-state index contributed by atoms with van der Waals surface area (Å²) in [5.74, 6) is -4.32. The lowest BCUT2D eigenvalue weighted by atomic mass is 9.85. The molecule has 1 unspecified atom stereocenters. The standard InChI is InChI=1S/C36H34F2N6O7S/c1-43-14-13-25-21(7-12-26(27(25)18-43)33-31(50-2)5-4-6-32(33)51-3)15-30(36(46)47)41-35(45)34-28(37)16-22(17-29(34)38)42-52(48,49)24-10-8-23(9-11-24)44-20-39-19-40-44/h4-12,16-17,19-20,30,42H,13-15,18H2,1-3H3,(H,41,45)(H,46,47). The Bertz CT molecular complexity index is 2210. The average Bonchev–Trinajstić information content (AvgIpc) is 3.66. The van der Waals surface area contributed by atoms with Gasteiger partial charge >= 0.3 is 5.97 Å². The molecule has 0 fully saturated rings. The van der Waals surface area contributed by atoms with Gasteiger partial charge in [0.05, 0.1) is 36.1 Å². The molecule has 16 heteroatoms. The number of methoxy groups -OCH3 is 2. The fourth-order valence-corrected chi connectivity index (χ4v) is 7.30. The van der Waals surface area contributed by atoms with Crippen molar-refractivity contribution in [3.63, 3.8) is 0 Å². The average molecular weight is 733 g/mol. The number of carbonyl (C=O) groups is 2. The number of ether oxygens (including phenoxy) is 2. The number of carboxylic acids is 1. The quantitative estimate of drug-likeness (QED) is 0.167. The molecule has 0 saturated carbocycles. The maximum atomic E-state index is 15.3. The minimum Gasteiger partial charge on any atom is -0.496 e. The molecule has 1 atom stereocenters. The van der Waals surface area contributed by atoms with Gasteiger partial charge in [0.1, 0.15) is 47.4 Å². The molecule has 2 heterocycles. The Morgan fingerprint density at radius 3 is 2.25 bits per heavy atom. The van der Waals surface area contributed by atoms with Crippen molar-refractivity contribution in [1.82, 2.24) is 25.0 Å². The van der Waals surface area contributed by atoms with Gasteiger partial charge in [-0.2, -0.15) is 5.10 Å². The molecular formula is C36H34F2N6O7S. The molecule has 3 N–H and O–H groups in total. The van der Waals surface area contributed by atoms with Crippen molar-refractivity contribution in [2.24, 2.45) is 0 Å². The predicted octanol–water partition coefficient (Wildman–Crippen LogP) is 4.44. The Kier molecular flexibility index (Phi) is 10.2. The monoisotopic (exact) mass is 732 g/mol. The highest BCUT2D eigenvalue weighted by molar-refractivity contribution is 7.92. The molecule has 0 aliphatic carbocycles. The molecule has 1 aliphatic heterocycles. The van der Waals surface area contributed by atoms with Crippen LogP contribution in [-0.2, 0) is 34.2 Å². The second-order valence-corrected chi connectivity index (χ2v) is 13.8. The molecule has 4 aromatic carbocycles. The van der Waals surface area contributed by atoms with Crippen molar-refractivity contribution in [3.05, 3.63) is 113 Å². The minimum absolute atomic E-state index is 0.173. The summed E-state index contributed by atoms with van der Waals surface area (Å²) in [5.41, 5.74) is 3.05. The highest BCUT2D eigenvalue weighted by Crippen LogP contribution is 2.42. The topological polar surface area (TPSA) is 165 Å². The smallest absolute Gasteiger partial charge is 0.326 e. The number of anilines is 1. The Hall–Kier alpha value is -5.87. The van der Waals surface area contributed by atoms with Crippen molar-refractivity contribution in [2.45, 2.75) is 30.3 Å². The fourth-order valence-electron chi connectivity index (χ4n) is 6.26. The van der Waals surface area contributed by atoms with E-state index in [0.717, 1.165) is 22.3 Å². The lowest BCUT2D eigenvalue weighted by molar-refractivity contribution is -0.139. The summed E-state index contributed by atoms with van der Waals surface area (Å²) < 4.78 is 71.3. The summed E-state index contributed by atoms with van der Waals surface area (Å²) in [6.45, 7) is 1.24. The first-order valence-corrected chi connectivity index (χ1v) is 17.4. The Morgan fingerprint density at radius 2 is 1.65 bits per heavy atom. The lowest BCUT2D eigenvalue weighted by Gasteiger charge is -2.30. The molecule has 5 aromatic rings. The maximum Gasteiger partial charge on any atom is 0.326 e. The van der Waals surface area contributed by atoms with E-state index in [1.165, 1.54) is 41.6 Å². The molecule has 13 nitrogen and oxygen atoms in total. The van der Waals surface area contributed by atoms with Crippen molar-refractivity contribution in [3.8, 4) is 28.3 Å². The van der Waals surface area contributed by atoms with Crippen molar-refractivity contribution < 1.29 is 41.4 Å². The van der Waals surface area contributed by atoms with E-state index < -0.39 is 50.8 Å². The number of rotatable bonds is 12. The third-order valence-corrected chi connectivity index (χ3v) is 10.2. The fraction of sp³-hybridized carbons (Fsp3) is 0.222. The van der Waals surface area contributed by atoms with Crippen molar-refractivity contribution >= 4 is 27.6 Å². The molecule has 0 spiro atoms. The normalized spacial score (nSPS) is 13.6. The predicted molar refractivity (Wildman–Crippen MR) is 186 cm³/mol. The van der Waals surface area contributed by atoms with E-state index in [1.54, 1.807) is 20.3 Å². The first-order chi connectivity index (χ1) is 24.9. The summed E-state index contributed by atoms with van der Waals surface area (Å²) in [6, 6.07) is 14.3. The van der Waals surface area contributed by atoms with Crippen molar-refractivity contribution in [1.29, 1.82) is 0 Å². The molecule has 270 valence electrons. The number of hydrogen-bond acceptors (Lipinski definition) is 9. The van der Waals surface area contributed by atoms with Crippen molar-refractivity contribution in [2.75, 3.05) is 32.5 Å². The maximum absolute atomic E-state index is 15.3. The number of hydrogen-bond donors (Lipinski definition) is 3. The number of nitrogens with one attached hydrogen (secondary N) is 2. The second-order valence-electron chi connectivity index (χ2n) is 12.1. The van der Waals surface area contributed by atoms with Gasteiger partial charge in [0.25, 0.3) is 15.9 Å². The van der Waals surface area contributed by atoms with Gasteiger partial charge in [-0.15, -0.1) is 0 Å². The van der Waals surface area contributed by atoms with Gasteiger partial charge in [-0.1, -0.05) is 18.2 Å². The van der Waals surface area contributed by atoms with Crippen LogP contribution in [0.4, 0.5) is 14.5 Å². The van der Waals surface area contributed by atoms with E-state index in [2.05, 4.69) is 25.0 Å². The van der Waals surface area contributed by atoms with Gasteiger partial charge in [0.15, 0.2) is 0 Å². The molecule has 1 aromatic heterocycles. The number of sulfonamides is 1. The van der Waals surface area contributed by atoms with E-state index >= 15 is 8.78 Å². The van der Waals surface area contributed by atoms with Crippen LogP contribution >= 0.6 is 0 Å². The highest BCUT2D eigenvalue weighted by atomic mass is 32.2.